The minimum absolute atomic E-state index is 0. The molecule has 1 aromatic rings. The zero-order chi connectivity index (χ0) is 13.2. The van der Waals surface area contributed by atoms with E-state index in [2.05, 4.69) is 4.90 Å². The Morgan fingerprint density at radius 3 is 2.16 bits per heavy atom. The molecule has 0 spiro atoms. The summed E-state index contributed by atoms with van der Waals surface area (Å²) in [6.07, 6.45) is 3.66. The third kappa shape index (κ3) is 3.71. The molecule has 0 N–H and O–H groups in total. The summed E-state index contributed by atoms with van der Waals surface area (Å²) in [5, 5.41) is 0.669. The first kappa shape index (κ1) is 16.5. The lowest BCUT2D eigenvalue weighted by atomic mass is 9.89. The van der Waals surface area contributed by atoms with Crippen LogP contribution in [0, 0.1) is 0 Å². The molecule has 0 unspecified atom stereocenters. The van der Waals surface area contributed by atoms with Crippen LogP contribution in [0.2, 0.25) is 5.02 Å². The van der Waals surface area contributed by atoms with Crippen LogP contribution >= 0.6 is 24.0 Å². The number of hydrogen-bond acceptors (Lipinski definition) is 2. The molecule has 0 aliphatic carbocycles. The highest BCUT2D eigenvalue weighted by Gasteiger charge is 2.35. The van der Waals surface area contributed by atoms with Crippen LogP contribution in [-0.2, 0) is 0 Å². The van der Waals surface area contributed by atoms with E-state index in [1.807, 2.05) is 26.0 Å². The number of ketones is 1. The summed E-state index contributed by atoms with van der Waals surface area (Å²) in [5.41, 5.74) is 0.323. The predicted molar refractivity (Wildman–Crippen MR) is 82.5 cm³/mol. The van der Waals surface area contributed by atoms with Crippen molar-refractivity contribution in [1.29, 1.82) is 0 Å². The second-order valence-electron chi connectivity index (χ2n) is 5.44. The second-order valence-corrected chi connectivity index (χ2v) is 5.88. The van der Waals surface area contributed by atoms with Gasteiger partial charge < -0.3 is 0 Å². The van der Waals surface area contributed by atoms with Gasteiger partial charge in [-0.3, -0.25) is 9.69 Å². The number of hydrogen-bond donors (Lipinski definition) is 0. The molecule has 1 heterocycles. The van der Waals surface area contributed by atoms with E-state index in [1.54, 1.807) is 12.1 Å². The maximum absolute atomic E-state index is 12.6. The summed E-state index contributed by atoms with van der Waals surface area (Å²) in [6, 6.07) is 7.19. The lowest BCUT2D eigenvalue weighted by Crippen LogP contribution is -2.52. The van der Waals surface area contributed by atoms with Crippen molar-refractivity contribution < 1.29 is 4.79 Å². The van der Waals surface area contributed by atoms with Crippen LogP contribution in [0.3, 0.4) is 0 Å². The molecule has 1 fully saturated rings. The number of Topliss-reactive ketones (excluding diaryl/α,β-unsaturated/α-hetero) is 1. The smallest absolute Gasteiger partial charge is 0.182 e. The van der Waals surface area contributed by atoms with Crippen molar-refractivity contribution in [2.75, 3.05) is 13.1 Å². The summed E-state index contributed by atoms with van der Waals surface area (Å²) in [6.45, 7) is 6.09. The normalized spacial score (nSPS) is 16.8. The first-order chi connectivity index (χ1) is 8.51. The average molecular weight is 302 g/mol. The van der Waals surface area contributed by atoms with Crippen LogP contribution in [0.5, 0.6) is 0 Å². The quantitative estimate of drug-likeness (QED) is 0.780. The topological polar surface area (TPSA) is 20.3 Å². The molecule has 1 aliphatic heterocycles. The number of carbonyl (C=O) groups is 1. The SMILES string of the molecule is CC(C)(C(=O)c1ccc(Cl)cc1)N1CCCCC1.Cl. The largest absolute Gasteiger partial charge is 0.292 e. The van der Waals surface area contributed by atoms with E-state index in [0.717, 1.165) is 18.7 Å². The summed E-state index contributed by atoms with van der Waals surface area (Å²) in [7, 11) is 0. The molecular formula is C15H21Cl2NO. The highest BCUT2D eigenvalue weighted by Crippen LogP contribution is 2.25. The van der Waals surface area contributed by atoms with E-state index in [9.17, 15) is 4.79 Å². The Morgan fingerprint density at radius 1 is 1.11 bits per heavy atom. The lowest BCUT2D eigenvalue weighted by molar-refractivity contribution is 0.0579. The van der Waals surface area contributed by atoms with Crippen molar-refractivity contribution in [2.45, 2.75) is 38.6 Å². The molecule has 0 atom stereocenters. The van der Waals surface area contributed by atoms with Gasteiger partial charge in [0.25, 0.3) is 0 Å². The molecule has 0 amide bonds. The zero-order valence-electron chi connectivity index (χ0n) is 11.5. The fraction of sp³-hybridized carbons (Fsp3) is 0.533. The summed E-state index contributed by atoms with van der Waals surface area (Å²) in [4.78, 5) is 14.9. The van der Waals surface area contributed by atoms with Gasteiger partial charge in [-0.05, 0) is 64.0 Å². The first-order valence-electron chi connectivity index (χ1n) is 6.57. The van der Waals surface area contributed by atoms with Gasteiger partial charge in [0.15, 0.2) is 5.78 Å². The Morgan fingerprint density at radius 2 is 1.63 bits per heavy atom. The van der Waals surface area contributed by atoms with Gasteiger partial charge in [0.2, 0.25) is 0 Å². The van der Waals surface area contributed by atoms with Crippen molar-refractivity contribution >= 4 is 29.8 Å². The monoisotopic (exact) mass is 301 g/mol. The average Bonchev–Trinajstić information content (AvgIpc) is 2.40. The molecule has 1 aromatic carbocycles. The standard InChI is InChI=1S/C15H20ClNO.ClH/c1-15(2,17-10-4-3-5-11-17)14(18)12-6-8-13(16)9-7-12;/h6-9H,3-5,10-11H2,1-2H3;1H. The maximum atomic E-state index is 12.6. The molecule has 4 heteroatoms. The van der Waals surface area contributed by atoms with Gasteiger partial charge in [0.1, 0.15) is 0 Å². The third-order valence-electron chi connectivity index (χ3n) is 3.81. The van der Waals surface area contributed by atoms with E-state index in [-0.39, 0.29) is 18.2 Å². The predicted octanol–water partition coefficient (Wildman–Crippen LogP) is 4.21. The number of halogens is 2. The molecule has 0 bridgehead atoms. The fourth-order valence-corrected chi connectivity index (χ4v) is 2.68. The van der Waals surface area contributed by atoms with Gasteiger partial charge in [-0.1, -0.05) is 18.0 Å². The van der Waals surface area contributed by atoms with Gasteiger partial charge in [0.05, 0.1) is 5.54 Å². The Hall–Kier alpha value is -0.570. The summed E-state index contributed by atoms with van der Waals surface area (Å²) in [5.74, 6) is 0.182. The third-order valence-corrected chi connectivity index (χ3v) is 4.06. The highest BCUT2D eigenvalue weighted by atomic mass is 35.5. The van der Waals surface area contributed by atoms with E-state index in [1.165, 1.54) is 19.3 Å². The van der Waals surface area contributed by atoms with E-state index in [0.29, 0.717) is 5.02 Å². The number of carbonyl (C=O) groups excluding carboxylic acids is 1. The zero-order valence-corrected chi connectivity index (χ0v) is 13.1. The van der Waals surface area contributed by atoms with Crippen molar-refractivity contribution in [3.8, 4) is 0 Å². The fourth-order valence-electron chi connectivity index (χ4n) is 2.55. The molecule has 1 saturated heterocycles. The first-order valence-corrected chi connectivity index (χ1v) is 6.95. The van der Waals surface area contributed by atoms with E-state index >= 15 is 0 Å². The number of piperidine rings is 1. The van der Waals surface area contributed by atoms with E-state index in [4.69, 9.17) is 11.6 Å². The van der Waals surface area contributed by atoms with Crippen molar-refractivity contribution in [1.82, 2.24) is 4.90 Å². The lowest BCUT2D eigenvalue weighted by Gasteiger charge is -2.39. The number of rotatable bonds is 3. The minimum atomic E-state index is -0.422. The Labute approximate surface area is 126 Å². The molecular weight excluding hydrogens is 281 g/mol. The van der Waals surface area contributed by atoms with Gasteiger partial charge >= 0.3 is 0 Å². The van der Waals surface area contributed by atoms with Crippen molar-refractivity contribution in [3.63, 3.8) is 0 Å². The van der Waals surface area contributed by atoms with Gasteiger partial charge in [0, 0.05) is 10.6 Å². The van der Waals surface area contributed by atoms with Gasteiger partial charge in [-0.25, -0.2) is 0 Å². The number of benzene rings is 1. The number of nitrogens with zero attached hydrogens (tertiary/aromatic N) is 1. The molecule has 19 heavy (non-hydrogen) atoms. The van der Waals surface area contributed by atoms with Crippen LogP contribution in [0.25, 0.3) is 0 Å². The minimum Gasteiger partial charge on any atom is -0.292 e. The van der Waals surface area contributed by atoms with Crippen LogP contribution in [0.15, 0.2) is 24.3 Å². The van der Waals surface area contributed by atoms with E-state index < -0.39 is 5.54 Å². The molecule has 2 rings (SSSR count). The van der Waals surface area contributed by atoms with Crippen LogP contribution in [-0.4, -0.2) is 29.3 Å². The van der Waals surface area contributed by atoms with Gasteiger partial charge in [-0.2, -0.15) is 0 Å². The van der Waals surface area contributed by atoms with Crippen LogP contribution in [0.4, 0.5) is 0 Å². The Balaban J connectivity index is 0.00000180. The highest BCUT2D eigenvalue weighted by molar-refractivity contribution is 6.30. The molecule has 1 aliphatic rings. The summed E-state index contributed by atoms with van der Waals surface area (Å²) >= 11 is 5.86. The van der Waals surface area contributed by atoms with Gasteiger partial charge in [-0.15, -0.1) is 12.4 Å². The Bertz CT molecular complexity index is 422. The summed E-state index contributed by atoms with van der Waals surface area (Å²) < 4.78 is 0. The second kappa shape index (κ2) is 6.74. The molecule has 2 nitrogen and oxygen atoms in total. The molecule has 0 saturated carbocycles. The Kier molecular flexibility index (Phi) is 5.84. The number of likely N-dealkylation sites (tertiary alicyclic amines) is 1. The molecule has 106 valence electrons. The van der Waals surface area contributed by atoms with Crippen molar-refractivity contribution in [3.05, 3.63) is 34.9 Å². The molecule has 0 aromatic heterocycles. The van der Waals surface area contributed by atoms with Crippen LogP contribution < -0.4 is 0 Å². The van der Waals surface area contributed by atoms with Crippen molar-refractivity contribution in [2.24, 2.45) is 0 Å². The molecule has 0 radical (unpaired) electrons. The van der Waals surface area contributed by atoms with Crippen LogP contribution in [0.1, 0.15) is 43.5 Å². The maximum Gasteiger partial charge on any atom is 0.182 e.